The minimum absolute atomic E-state index is 0.326. The molecule has 7 heteroatoms. The first-order chi connectivity index (χ1) is 14.1. The summed E-state index contributed by atoms with van der Waals surface area (Å²) in [5.74, 6) is -0.162. The Kier molecular flexibility index (Phi) is 7.00. The normalized spacial score (nSPS) is 10.4. The molecular weight excluding hydrogens is 370 g/mol. The summed E-state index contributed by atoms with van der Waals surface area (Å²) in [6.07, 6.45) is 3.58. The summed E-state index contributed by atoms with van der Waals surface area (Å²) in [6.45, 7) is 2.93. The molecule has 1 N–H and O–H groups in total. The van der Waals surface area contributed by atoms with Crippen molar-refractivity contribution in [1.82, 2.24) is 15.1 Å². The summed E-state index contributed by atoms with van der Waals surface area (Å²) in [5, 5.41) is 6.80. The Labute approximate surface area is 169 Å². The van der Waals surface area contributed by atoms with Gasteiger partial charge in [-0.05, 0) is 48.4 Å². The Bertz CT molecular complexity index is 937. The summed E-state index contributed by atoms with van der Waals surface area (Å²) >= 11 is 0. The summed E-state index contributed by atoms with van der Waals surface area (Å²) in [6, 6.07) is 16.5. The Morgan fingerprint density at radius 1 is 1.10 bits per heavy atom. The van der Waals surface area contributed by atoms with E-state index in [1.54, 1.807) is 23.0 Å². The molecule has 7 nitrogen and oxygen atoms in total. The van der Waals surface area contributed by atoms with Crippen LogP contribution in [0.5, 0.6) is 5.75 Å². The van der Waals surface area contributed by atoms with Gasteiger partial charge in [0.15, 0.2) is 6.61 Å². The van der Waals surface area contributed by atoms with Crippen LogP contribution in [-0.4, -0.2) is 41.4 Å². The van der Waals surface area contributed by atoms with Crippen molar-refractivity contribution in [3.8, 4) is 5.75 Å². The number of rotatable bonds is 9. The maximum absolute atomic E-state index is 12.1. The fraction of sp³-hybridized carbons (Fsp3) is 0.227. The van der Waals surface area contributed by atoms with Crippen molar-refractivity contribution >= 4 is 11.9 Å². The predicted octanol–water partition coefficient (Wildman–Crippen LogP) is 2.59. The Morgan fingerprint density at radius 3 is 2.66 bits per heavy atom. The zero-order valence-corrected chi connectivity index (χ0v) is 16.2. The van der Waals surface area contributed by atoms with Crippen LogP contribution in [0.15, 0.2) is 67.0 Å². The van der Waals surface area contributed by atoms with Crippen LogP contribution < -0.4 is 10.1 Å². The van der Waals surface area contributed by atoms with Crippen LogP contribution in [0.1, 0.15) is 21.5 Å². The van der Waals surface area contributed by atoms with E-state index < -0.39 is 5.97 Å². The number of carbonyl (C=O) groups excluding carboxylic acids is 2. The molecule has 0 atom stereocenters. The molecule has 150 valence electrons. The van der Waals surface area contributed by atoms with Gasteiger partial charge in [0.1, 0.15) is 12.4 Å². The van der Waals surface area contributed by atoms with E-state index in [-0.39, 0.29) is 12.5 Å². The van der Waals surface area contributed by atoms with Crippen molar-refractivity contribution in [3.05, 3.63) is 83.7 Å². The standard InChI is InChI=1S/C22H23N3O4/c1-17-4-2-5-20(14-17)28-13-11-23-21(26)16-29-22(27)19-8-6-18(7-9-19)15-25-12-3-10-24-25/h2-10,12,14H,11,13,15-16H2,1H3,(H,23,26). The van der Waals surface area contributed by atoms with Crippen molar-refractivity contribution in [2.45, 2.75) is 13.5 Å². The predicted molar refractivity (Wildman–Crippen MR) is 108 cm³/mol. The number of esters is 1. The molecule has 2 aromatic carbocycles. The lowest BCUT2D eigenvalue weighted by Crippen LogP contribution is -2.32. The lowest BCUT2D eigenvalue weighted by atomic mass is 10.1. The summed E-state index contributed by atoms with van der Waals surface area (Å²) < 4.78 is 12.4. The number of carbonyl (C=O) groups is 2. The van der Waals surface area contributed by atoms with Crippen molar-refractivity contribution < 1.29 is 19.1 Å². The fourth-order valence-electron chi connectivity index (χ4n) is 2.66. The van der Waals surface area contributed by atoms with E-state index in [1.807, 2.05) is 55.6 Å². The highest BCUT2D eigenvalue weighted by atomic mass is 16.5. The van der Waals surface area contributed by atoms with E-state index in [0.717, 1.165) is 16.9 Å². The zero-order chi connectivity index (χ0) is 20.5. The highest BCUT2D eigenvalue weighted by Crippen LogP contribution is 2.11. The minimum Gasteiger partial charge on any atom is -0.492 e. The van der Waals surface area contributed by atoms with Gasteiger partial charge in [-0.1, -0.05) is 24.3 Å². The van der Waals surface area contributed by atoms with Crippen LogP contribution in [0, 0.1) is 6.92 Å². The Hall–Kier alpha value is -3.61. The molecule has 0 aliphatic heterocycles. The van der Waals surface area contributed by atoms with E-state index >= 15 is 0 Å². The van der Waals surface area contributed by atoms with E-state index in [9.17, 15) is 9.59 Å². The van der Waals surface area contributed by atoms with Crippen molar-refractivity contribution in [2.24, 2.45) is 0 Å². The molecule has 0 fully saturated rings. The average molecular weight is 393 g/mol. The molecule has 1 aromatic heterocycles. The quantitative estimate of drug-likeness (QED) is 0.446. The lowest BCUT2D eigenvalue weighted by Gasteiger charge is -2.09. The molecule has 0 aliphatic rings. The maximum Gasteiger partial charge on any atom is 0.338 e. The first kappa shape index (κ1) is 20.1. The molecule has 3 rings (SSSR count). The summed E-state index contributed by atoms with van der Waals surface area (Å²) in [7, 11) is 0. The first-order valence-corrected chi connectivity index (χ1v) is 9.30. The van der Waals surface area contributed by atoms with Gasteiger partial charge in [-0.25, -0.2) is 4.79 Å². The van der Waals surface area contributed by atoms with Gasteiger partial charge in [-0.2, -0.15) is 5.10 Å². The average Bonchev–Trinajstić information content (AvgIpc) is 3.23. The van der Waals surface area contributed by atoms with Crippen LogP contribution in [0.3, 0.4) is 0 Å². The number of hydrogen-bond donors (Lipinski definition) is 1. The van der Waals surface area contributed by atoms with Crippen LogP contribution in [-0.2, 0) is 16.1 Å². The molecule has 1 amide bonds. The SMILES string of the molecule is Cc1cccc(OCCNC(=O)COC(=O)c2ccc(Cn3cccn3)cc2)c1. The van der Waals surface area contributed by atoms with Gasteiger partial charge in [0.25, 0.3) is 5.91 Å². The number of nitrogens with one attached hydrogen (secondary N) is 1. The third kappa shape index (κ3) is 6.49. The Morgan fingerprint density at radius 2 is 1.93 bits per heavy atom. The minimum atomic E-state index is -0.540. The van der Waals surface area contributed by atoms with Crippen molar-refractivity contribution in [1.29, 1.82) is 0 Å². The molecule has 0 saturated carbocycles. The maximum atomic E-state index is 12.1. The number of aromatic nitrogens is 2. The highest BCUT2D eigenvalue weighted by Gasteiger charge is 2.10. The number of aryl methyl sites for hydroxylation is 1. The molecule has 0 unspecified atom stereocenters. The molecular formula is C22H23N3O4. The second-order valence-electron chi connectivity index (χ2n) is 6.49. The molecule has 1 heterocycles. The van der Waals surface area contributed by atoms with Gasteiger partial charge in [-0.15, -0.1) is 0 Å². The summed E-state index contributed by atoms with van der Waals surface area (Å²) in [5.41, 5.74) is 2.51. The number of amides is 1. The number of ether oxygens (including phenoxy) is 2. The zero-order valence-electron chi connectivity index (χ0n) is 16.2. The monoisotopic (exact) mass is 393 g/mol. The van der Waals surface area contributed by atoms with E-state index in [0.29, 0.717) is 25.3 Å². The van der Waals surface area contributed by atoms with Gasteiger partial charge in [0, 0.05) is 12.4 Å². The van der Waals surface area contributed by atoms with Crippen molar-refractivity contribution in [2.75, 3.05) is 19.8 Å². The van der Waals surface area contributed by atoms with Gasteiger partial charge in [0.2, 0.25) is 0 Å². The summed E-state index contributed by atoms with van der Waals surface area (Å²) in [4.78, 5) is 23.9. The third-order valence-corrected chi connectivity index (χ3v) is 4.11. The topological polar surface area (TPSA) is 82.5 Å². The van der Waals surface area contributed by atoms with Crippen LogP contribution in [0.25, 0.3) is 0 Å². The van der Waals surface area contributed by atoms with Crippen LogP contribution in [0.4, 0.5) is 0 Å². The number of hydrogen-bond acceptors (Lipinski definition) is 5. The fourth-order valence-corrected chi connectivity index (χ4v) is 2.66. The molecule has 3 aromatic rings. The van der Waals surface area contributed by atoms with Gasteiger partial charge < -0.3 is 14.8 Å². The molecule has 0 aliphatic carbocycles. The van der Waals surface area contributed by atoms with E-state index in [4.69, 9.17) is 9.47 Å². The van der Waals surface area contributed by atoms with Crippen molar-refractivity contribution in [3.63, 3.8) is 0 Å². The largest absolute Gasteiger partial charge is 0.492 e. The van der Waals surface area contributed by atoms with Crippen LogP contribution >= 0.6 is 0 Å². The number of benzene rings is 2. The van der Waals surface area contributed by atoms with Crippen LogP contribution in [0.2, 0.25) is 0 Å². The van der Waals surface area contributed by atoms with E-state index in [2.05, 4.69) is 10.4 Å². The molecule has 29 heavy (non-hydrogen) atoms. The molecule has 0 radical (unpaired) electrons. The van der Waals surface area contributed by atoms with Gasteiger partial charge >= 0.3 is 5.97 Å². The van der Waals surface area contributed by atoms with Gasteiger partial charge in [0.05, 0.1) is 18.7 Å². The molecule has 0 bridgehead atoms. The lowest BCUT2D eigenvalue weighted by molar-refractivity contribution is -0.124. The second kappa shape index (κ2) is 10.1. The highest BCUT2D eigenvalue weighted by molar-refractivity contribution is 5.91. The molecule has 0 saturated heterocycles. The Balaban J connectivity index is 1.35. The van der Waals surface area contributed by atoms with Gasteiger partial charge in [-0.3, -0.25) is 9.48 Å². The van der Waals surface area contributed by atoms with E-state index in [1.165, 1.54) is 0 Å². The second-order valence-corrected chi connectivity index (χ2v) is 6.49. The first-order valence-electron chi connectivity index (χ1n) is 9.30. The smallest absolute Gasteiger partial charge is 0.338 e. The number of nitrogens with zero attached hydrogens (tertiary/aromatic N) is 2. The molecule has 0 spiro atoms. The third-order valence-electron chi connectivity index (χ3n) is 4.11.